The summed E-state index contributed by atoms with van der Waals surface area (Å²) in [6.45, 7) is 3.56. The number of nitro benzene ring substituents is 1. The number of nitrogens with zero attached hydrogens (tertiary/aromatic N) is 1. The van der Waals surface area contributed by atoms with Crippen LogP contribution in [0.25, 0.3) is 0 Å². The molecular formula is C11H13NO4. The maximum Gasteiger partial charge on any atom is 0.338 e. The maximum atomic E-state index is 11.4. The molecule has 0 saturated heterocycles. The minimum Gasteiger partial charge on any atom is -0.465 e. The number of ether oxygens (including phenoxy) is 1. The molecule has 16 heavy (non-hydrogen) atoms. The SMILES string of the molecule is CCc1cc(C)c(C(=O)OC)cc1[N+](=O)[O-]. The Hall–Kier alpha value is -1.91. The van der Waals surface area contributed by atoms with Crippen LogP contribution >= 0.6 is 0 Å². The van der Waals surface area contributed by atoms with Crippen LogP contribution in [0.1, 0.15) is 28.4 Å². The molecule has 0 bridgehead atoms. The van der Waals surface area contributed by atoms with Crippen molar-refractivity contribution in [1.29, 1.82) is 0 Å². The molecule has 0 aliphatic rings. The highest BCUT2D eigenvalue weighted by Gasteiger charge is 2.19. The molecule has 0 amide bonds. The summed E-state index contributed by atoms with van der Waals surface area (Å²) in [5.41, 5.74) is 1.52. The second-order valence-corrected chi connectivity index (χ2v) is 3.40. The van der Waals surface area contributed by atoms with E-state index in [1.807, 2.05) is 6.92 Å². The Morgan fingerprint density at radius 3 is 2.56 bits per heavy atom. The van der Waals surface area contributed by atoms with Crippen molar-refractivity contribution in [3.63, 3.8) is 0 Å². The summed E-state index contributed by atoms with van der Waals surface area (Å²) in [4.78, 5) is 21.7. The Labute approximate surface area is 93.2 Å². The van der Waals surface area contributed by atoms with E-state index in [9.17, 15) is 14.9 Å². The van der Waals surface area contributed by atoms with Crippen LogP contribution in [-0.4, -0.2) is 18.0 Å². The molecule has 0 aliphatic carbocycles. The van der Waals surface area contributed by atoms with E-state index in [2.05, 4.69) is 4.74 Å². The molecular weight excluding hydrogens is 210 g/mol. The quantitative estimate of drug-likeness (QED) is 0.447. The van der Waals surface area contributed by atoms with Gasteiger partial charge in [-0.15, -0.1) is 0 Å². The molecule has 1 aromatic rings. The lowest BCUT2D eigenvalue weighted by Gasteiger charge is -2.06. The monoisotopic (exact) mass is 223 g/mol. The normalized spacial score (nSPS) is 9.94. The number of carbonyl (C=O) groups excluding carboxylic acids is 1. The molecule has 0 N–H and O–H groups in total. The molecule has 0 heterocycles. The average Bonchev–Trinajstić information content (AvgIpc) is 2.27. The van der Waals surface area contributed by atoms with Crippen LogP contribution in [0.3, 0.4) is 0 Å². The lowest BCUT2D eigenvalue weighted by Crippen LogP contribution is -2.06. The number of rotatable bonds is 3. The summed E-state index contributed by atoms with van der Waals surface area (Å²) < 4.78 is 4.56. The van der Waals surface area contributed by atoms with Gasteiger partial charge in [0.15, 0.2) is 0 Å². The topological polar surface area (TPSA) is 69.4 Å². The van der Waals surface area contributed by atoms with E-state index in [0.29, 0.717) is 17.5 Å². The lowest BCUT2D eigenvalue weighted by atomic mass is 10.0. The van der Waals surface area contributed by atoms with Gasteiger partial charge in [-0.2, -0.15) is 0 Å². The Morgan fingerprint density at radius 1 is 1.50 bits per heavy atom. The fourth-order valence-electron chi connectivity index (χ4n) is 1.54. The molecule has 0 radical (unpaired) electrons. The summed E-state index contributed by atoms with van der Waals surface area (Å²) in [5, 5.41) is 10.8. The maximum absolute atomic E-state index is 11.4. The first-order chi connectivity index (χ1) is 7.51. The zero-order valence-electron chi connectivity index (χ0n) is 9.44. The summed E-state index contributed by atoms with van der Waals surface area (Å²) >= 11 is 0. The Balaban J connectivity index is 3.38. The van der Waals surface area contributed by atoms with Gasteiger partial charge in [0.05, 0.1) is 17.6 Å². The summed E-state index contributed by atoms with van der Waals surface area (Å²) in [6.07, 6.45) is 0.554. The fraction of sp³-hybridized carbons (Fsp3) is 0.364. The van der Waals surface area contributed by atoms with E-state index in [1.165, 1.54) is 13.2 Å². The first-order valence-corrected chi connectivity index (χ1v) is 4.87. The first-order valence-electron chi connectivity index (χ1n) is 4.87. The second kappa shape index (κ2) is 4.74. The molecule has 86 valence electrons. The summed E-state index contributed by atoms with van der Waals surface area (Å²) in [5.74, 6) is -0.553. The van der Waals surface area contributed by atoms with Crippen molar-refractivity contribution in [3.8, 4) is 0 Å². The molecule has 1 rings (SSSR count). The van der Waals surface area contributed by atoms with E-state index in [0.717, 1.165) is 0 Å². The number of methoxy groups -OCH3 is 1. The van der Waals surface area contributed by atoms with Crippen LogP contribution in [0.4, 0.5) is 5.69 Å². The molecule has 0 unspecified atom stereocenters. The highest BCUT2D eigenvalue weighted by molar-refractivity contribution is 5.92. The highest BCUT2D eigenvalue weighted by Crippen LogP contribution is 2.24. The molecule has 0 spiro atoms. The molecule has 0 fully saturated rings. The predicted octanol–water partition coefficient (Wildman–Crippen LogP) is 2.25. The van der Waals surface area contributed by atoms with Crippen molar-refractivity contribution in [3.05, 3.63) is 38.9 Å². The van der Waals surface area contributed by atoms with Crippen LogP contribution < -0.4 is 0 Å². The minimum atomic E-state index is -0.553. The minimum absolute atomic E-state index is 0.0338. The molecule has 0 aliphatic heterocycles. The van der Waals surface area contributed by atoms with Crippen molar-refractivity contribution in [2.75, 3.05) is 7.11 Å². The van der Waals surface area contributed by atoms with Crippen molar-refractivity contribution in [1.82, 2.24) is 0 Å². The zero-order valence-corrected chi connectivity index (χ0v) is 9.44. The summed E-state index contributed by atoms with van der Waals surface area (Å²) in [6, 6.07) is 2.93. The highest BCUT2D eigenvalue weighted by atomic mass is 16.6. The standard InChI is InChI=1S/C11H13NO4/c1-4-8-5-7(2)9(11(13)16-3)6-10(8)12(14)15/h5-6H,4H2,1-3H3. The van der Waals surface area contributed by atoms with E-state index < -0.39 is 10.9 Å². The van der Waals surface area contributed by atoms with Gasteiger partial charge in [-0.25, -0.2) is 4.79 Å². The third kappa shape index (κ3) is 2.18. The third-order valence-electron chi connectivity index (χ3n) is 2.41. The lowest BCUT2D eigenvalue weighted by molar-refractivity contribution is -0.385. The fourth-order valence-corrected chi connectivity index (χ4v) is 1.54. The van der Waals surface area contributed by atoms with E-state index in [-0.39, 0.29) is 11.3 Å². The van der Waals surface area contributed by atoms with Crippen LogP contribution in [0.15, 0.2) is 12.1 Å². The van der Waals surface area contributed by atoms with Gasteiger partial charge in [0.25, 0.3) is 5.69 Å². The van der Waals surface area contributed by atoms with E-state index in [1.54, 1.807) is 13.0 Å². The number of hydrogen-bond acceptors (Lipinski definition) is 4. The molecule has 1 aromatic carbocycles. The molecule has 5 nitrogen and oxygen atoms in total. The average molecular weight is 223 g/mol. The van der Waals surface area contributed by atoms with Gasteiger partial charge in [-0.1, -0.05) is 6.92 Å². The second-order valence-electron chi connectivity index (χ2n) is 3.40. The van der Waals surface area contributed by atoms with Crippen LogP contribution in [0, 0.1) is 17.0 Å². The largest absolute Gasteiger partial charge is 0.465 e. The smallest absolute Gasteiger partial charge is 0.338 e. The Morgan fingerprint density at radius 2 is 2.12 bits per heavy atom. The molecule has 5 heteroatoms. The third-order valence-corrected chi connectivity index (χ3v) is 2.41. The van der Waals surface area contributed by atoms with Gasteiger partial charge in [0, 0.05) is 11.6 Å². The Kier molecular flexibility index (Phi) is 3.60. The van der Waals surface area contributed by atoms with Crippen LogP contribution in [-0.2, 0) is 11.2 Å². The van der Waals surface area contributed by atoms with Crippen LogP contribution in [0.5, 0.6) is 0 Å². The first kappa shape index (κ1) is 12.2. The number of esters is 1. The van der Waals surface area contributed by atoms with Crippen molar-refractivity contribution in [2.45, 2.75) is 20.3 Å². The van der Waals surface area contributed by atoms with Gasteiger partial charge >= 0.3 is 5.97 Å². The van der Waals surface area contributed by atoms with E-state index in [4.69, 9.17) is 0 Å². The number of nitro groups is 1. The van der Waals surface area contributed by atoms with Crippen molar-refractivity contribution in [2.24, 2.45) is 0 Å². The number of aryl methyl sites for hydroxylation is 2. The predicted molar refractivity (Wildman–Crippen MR) is 58.6 cm³/mol. The zero-order chi connectivity index (χ0) is 12.3. The van der Waals surface area contributed by atoms with Gasteiger partial charge < -0.3 is 4.74 Å². The molecule has 0 saturated carbocycles. The number of carbonyl (C=O) groups is 1. The molecule has 0 aromatic heterocycles. The number of hydrogen-bond donors (Lipinski definition) is 0. The van der Waals surface area contributed by atoms with Gasteiger partial charge in [0.1, 0.15) is 0 Å². The van der Waals surface area contributed by atoms with Crippen LogP contribution in [0.2, 0.25) is 0 Å². The van der Waals surface area contributed by atoms with E-state index >= 15 is 0 Å². The number of benzene rings is 1. The van der Waals surface area contributed by atoms with Crippen molar-refractivity contribution < 1.29 is 14.5 Å². The van der Waals surface area contributed by atoms with Crippen molar-refractivity contribution >= 4 is 11.7 Å². The van der Waals surface area contributed by atoms with Gasteiger partial charge in [-0.3, -0.25) is 10.1 Å². The summed E-state index contributed by atoms with van der Waals surface area (Å²) in [7, 11) is 1.25. The molecule has 0 atom stereocenters. The Bertz CT molecular complexity index is 440. The van der Waals surface area contributed by atoms with Gasteiger partial charge in [-0.05, 0) is 25.0 Å². The van der Waals surface area contributed by atoms with Gasteiger partial charge in [0.2, 0.25) is 0 Å².